The Morgan fingerprint density at radius 2 is 1.90 bits per heavy atom. The Balaban J connectivity index is 1.71. The first-order chi connectivity index (χ1) is 19.8. The molecule has 0 bridgehead atoms. The molecule has 2 aromatic carbocycles. The van der Waals surface area contributed by atoms with E-state index in [9.17, 15) is 19.5 Å². The van der Waals surface area contributed by atoms with Crippen LogP contribution in [0.4, 0.5) is 5.13 Å². The summed E-state index contributed by atoms with van der Waals surface area (Å²) in [6.45, 7) is 5.83. The fourth-order valence-corrected chi connectivity index (χ4v) is 5.59. The van der Waals surface area contributed by atoms with Gasteiger partial charge in [0.1, 0.15) is 48.0 Å². The molecule has 1 amide bonds. The normalized spacial score (nSPS) is 17.3. The van der Waals surface area contributed by atoms with Crippen LogP contribution in [0.1, 0.15) is 32.5 Å². The predicted octanol–water partition coefficient (Wildman–Crippen LogP) is 4.21. The lowest BCUT2D eigenvalue weighted by molar-refractivity contribution is -0.132. The minimum absolute atomic E-state index is 0.00738. The molecule has 12 heteroatoms. The lowest BCUT2D eigenvalue weighted by atomic mass is 9.94. The second-order valence-corrected chi connectivity index (χ2v) is 9.91. The van der Waals surface area contributed by atoms with Crippen LogP contribution in [-0.4, -0.2) is 61.8 Å². The maximum Gasteiger partial charge on any atom is 0.350 e. The van der Waals surface area contributed by atoms with E-state index in [-0.39, 0.29) is 27.8 Å². The quantitative estimate of drug-likeness (QED) is 0.136. The highest BCUT2D eigenvalue weighted by molar-refractivity contribution is 7.17. The third-order valence-corrected chi connectivity index (χ3v) is 7.64. The smallest absolute Gasteiger partial charge is 0.350 e. The zero-order valence-corrected chi connectivity index (χ0v) is 23.3. The Kier molecular flexibility index (Phi) is 7.66. The van der Waals surface area contributed by atoms with Crippen LogP contribution in [-0.2, 0) is 14.3 Å². The number of benzene rings is 2. The van der Waals surface area contributed by atoms with Gasteiger partial charge in [-0.25, -0.2) is 9.78 Å². The summed E-state index contributed by atoms with van der Waals surface area (Å²) in [5.41, 5.74) is 0.697. The van der Waals surface area contributed by atoms with Crippen molar-refractivity contribution in [1.29, 1.82) is 0 Å². The summed E-state index contributed by atoms with van der Waals surface area (Å²) in [4.78, 5) is 45.6. The largest absolute Gasteiger partial charge is 0.507 e. The second kappa shape index (κ2) is 11.3. The number of aromatic nitrogens is 1. The minimum Gasteiger partial charge on any atom is -0.507 e. The number of hydrogen-bond donors (Lipinski definition) is 1. The number of fused-ring (bicyclic) bond motifs is 1. The van der Waals surface area contributed by atoms with Crippen molar-refractivity contribution in [2.75, 3.05) is 38.9 Å². The molecule has 2 aliphatic heterocycles. The van der Waals surface area contributed by atoms with E-state index in [1.54, 1.807) is 43.3 Å². The number of methoxy groups -OCH3 is 2. The third-order valence-electron chi connectivity index (χ3n) is 6.50. The molecule has 3 aromatic rings. The van der Waals surface area contributed by atoms with Crippen molar-refractivity contribution < 1.29 is 43.2 Å². The maximum absolute atomic E-state index is 13.6. The molecule has 5 rings (SSSR count). The number of ether oxygens (including phenoxy) is 5. The molecule has 3 heterocycles. The molecule has 0 saturated carbocycles. The van der Waals surface area contributed by atoms with E-state index in [0.29, 0.717) is 47.5 Å². The first-order valence-corrected chi connectivity index (χ1v) is 13.3. The molecular weight excluding hydrogens is 552 g/mol. The Morgan fingerprint density at radius 3 is 2.61 bits per heavy atom. The fourth-order valence-electron chi connectivity index (χ4n) is 4.60. The summed E-state index contributed by atoms with van der Waals surface area (Å²) in [6, 6.07) is 8.44. The number of hydrogen-bond acceptors (Lipinski definition) is 11. The molecule has 0 aliphatic carbocycles. The first kappa shape index (κ1) is 27.7. The summed E-state index contributed by atoms with van der Waals surface area (Å²) in [5, 5.41) is 11.6. The van der Waals surface area contributed by atoms with Crippen molar-refractivity contribution in [1.82, 2.24) is 4.98 Å². The number of anilines is 1. The monoisotopic (exact) mass is 578 g/mol. The molecule has 1 atom stereocenters. The molecule has 1 unspecified atom stereocenters. The van der Waals surface area contributed by atoms with Crippen molar-refractivity contribution in [3.05, 3.63) is 76.3 Å². The van der Waals surface area contributed by atoms with Gasteiger partial charge in [-0.05, 0) is 43.3 Å². The number of aliphatic hydroxyl groups excluding tert-OH is 1. The predicted molar refractivity (Wildman–Crippen MR) is 149 cm³/mol. The lowest BCUT2D eigenvalue weighted by Crippen LogP contribution is -2.29. The van der Waals surface area contributed by atoms with Crippen molar-refractivity contribution in [2.45, 2.75) is 13.0 Å². The average molecular weight is 579 g/mol. The number of aryl methyl sites for hydroxylation is 1. The number of amides is 1. The number of Topliss-reactive ketones (excluding diaryl/α,β-unsaturated/α-hetero) is 1. The van der Waals surface area contributed by atoms with E-state index < -0.39 is 29.5 Å². The zero-order chi connectivity index (χ0) is 29.3. The Hall–Kier alpha value is -4.84. The number of rotatable bonds is 8. The summed E-state index contributed by atoms with van der Waals surface area (Å²) in [5.74, 6) is -1.33. The third kappa shape index (κ3) is 4.97. The number of aliphatic hydroxyl groups is 1. The van der Waals surface area contributed by atoms with E-state index in [2.05, 4.69) is 11.6 Å². The molecule has 0 radical (unpaired) electrons. The molecule has 2 aliphatic rings. The molecule has 41 heavy (non-hydrogen) atoms. The van der Waals surface area contributed by atoms with Gasteiger partial charge >= 0.3 is 11.9 Å². The van der Waals surface area contributed by atoms with Crippen LogP contribution < -0.4 is 23.8 Å². The average Bonchev–Trinajstić information content (AvgIpc) is 3.50. The van der Waals surface area contributed by atoms with Crippen LogP contribution in [0, 0.1) is 6.92 Å². The van der Waals surface area contributed by atoms with Gasteiger partial charge in [0, 0.05) is 11.1 Å². The SMILES string of the molecule is C=CCOC(=O)c1sc(N2C(=O)C(=O)C(=C(O)c3ccc4c(c3)OCCO4)C2c2cc(OC)ccc2OC)nc1C. The summed E-state index contributed by atoms with van der Waals surface area (Å²) in [7, 11) is 2.92. The molecule has 11 nitrogen and oxygen atoms in total. The molecular formula is C29H26N2O9S. The van der Waals surface area contributed by atoms with E-state index >= 15 is 0 Å². The highest BCUT2D eigenvalue weighted by Gasteiger charge is 2.49. The number of carbonyl (C=O) groups is 3. The van der Waals surface area contributed by atoms with Gasteiger partial charge in [0.25, 0.3) is 5.78 Å². The fraction of sp³-hybridized carbons (Fsp3) is 0.241. The van der Waals surface area contributed by atoms with Crippen molar-refractivity contribution >= 4 is 39.9 Å². The van der Waals surface area contributed by atoms with E-state index in [4.69, 9.17) is 23.7 Å². The maximum atomic E-state index is 13.6. The molecule has 1 N–H and O–H groups in total. The van der Waals surface area contributed by atoms with Gasteiger partial charge in [-0.3, -0.25) is 14.5 Å². The van der Waals surface area contributed by atoms with E-state index in [1.807, 2.05) is 0 Å². The summed E-state index contributed by atoms with van der Waals surface area (Å²) in [6.07, 6.45) is 1.43. The van der Waals surface area contributed by atoms with Crippen molar-refractivity contribution in [2.24, 2.45) is 0 Å². The van der Waals surface area contributed by atoms with E-state index in [0.717, 1.165) is 16.2 Å². The standard InChI is InChI=1S/C29H26N2O9S/c1-5-10-40-28(35)26-15(2)30-29(41-26)31-23(18-14-17(36-3)7-9-19(18)37-4)22(25(33)27(31)34)24(32)16-6-8-20-21(13-16)39-12-11-38-20/h5-9,13-14,23,32H,1,10-12H2,2-4H3. The number of ketones is 1. The van der Waals surface area contributed by atoms with Crippen molar-refractivity contribution in [3.8, 4) is 23.0 Å². The molecule has 1 fully saturated rings. The number of esters is 1. The topological polar surface area (TPSA) is 134 Å². The van der Waals surface area contributed by atoms with E-state index in [1.165, 1.54) is 20.3 Å². The highest BCUT2D eigenvalue weighted by atomic mass is 32.1. The van der Waals surface area contributed by atoms with Gasteiger partial charge in [0.05, 0.1) is 25.5 Å². The second-order valence-electron chi connectivity index (χ2n) is 8.93. The Labute approximate surface area is 239 Å². The Bertz CT molecular complexity index is 1590. The number of carbonyl (C=O) groups excluding carboxylic acids is 3. The van der Waals surface area contributed by atoms with Gasteiger partial charge in [-0.1, -0.05) is 24.0 Å². The van der Waals surface area contributed by atoms with Crippen molar-refractivity contribution in [3.63, 3.8) is 0 Å². The molecule has 1 aromatic heterocycles. The van der Waals surface area contributed by atoms with Gasteiger partial charge < -0.3 is 28.8 Å². The number of thiazole rings is 1. The van der Waals surface area contributed by atoms with Crippen LogP contribution in [0.5, 0.6) is 23.0 Å². The first-order valence-electron chi connectivity index (χ1n) is 12.5. The summed E-state index contributed by atoms with van der Waals surface area (Å²) >= 11 is 0.891. The van der Waals surface area contributed by atoms with Crippen LogP contribution >= 0.6 is 11.3 Å². The lowest BCUT2D eigenvalue weighted by Gasteiger charge is -2.25. The van der Waals surface area contributed by atoms with Gasteiger partial charge in [-0.2, -0.15) is 0 Å². The molecule has 1 saturated heterocycles. The van der Waals surface area contributed by atoms with Gasteiger partial charge in [0.15, 0.2) is 16.6 Å². The minimum atomic E-state index is -1.18. The van der Waals surface area contributed by atoms with Crippen LogP contribution in [0.15, 0.2) is 54.6 Å². The van der Waals surface area contributed by atoms with Crippen LogP contribution in [0.3, 0.4) is 0 Å². The highest BCUT2D eigenvalue weighted by Crippen LogP contribution is 2.47. The summed E-state index contributed by atoms with van der Waals surface area (Å²) < 4.78 is 27.4. The van der Waals surface area contributed by atoms with Crippen LogP contribution in [0.25, 0.3) is 5.76 Å². The van der Waals surface area contributed by atoms with Gasteiger partial charge in [0.2, 0.25) is 0 Å². The van der Waals surface area contributed by atoms with Gasteiger partial charge in [-0.15, -0.1) is 0 Å². The zero-order valence-electron chi connectivity index (χ0n) is 22.5. The number of nitrogens with zero attached hydrogens (tertiary/aromatic N) is 2. The van der Waals surface area contributed by atoms with Crippen LogP contribution in [0.2, 0.25) is 0 Å². The molecule has 212 valence electrons. The Morgan fingerprint density at radius 1 is 1.15 bits per heavy atom. The molecule has 0 spiro atoms.